The number of benzene rings is 1. The van der Waals surface area contributed by atoms with Gasteiger partial charge in [0.15, 0.2) is 0 Å². The smallest absolute Gasteiger partial charge is 0.224 e. The van der Waals surface area contributed by atoms with Crippen molar-refractivity contribution in [1.82, 2.24) is 15.1 Å². The summed E-state index contributed by atoms with van der Waals surface area (Å²) in [4.78, 5) is 23.1. The van der Waals surface area contributed by atoms with Crippen LogP contribution in [0.1, 0.15) is 25.7 Å². The number of carbonyl (C=O) groups is 2. The van der Waals surface area contributed by atoms with Crippen LogP contribution >= 0.6 is 0 Å². The van der Waals surface area contributed by atoms with Gasteiger partial charge < -0.3 is 10.6 Å². The summed E-state index contributed by atoms with van der Waals surface area (Å²) in [5.41, 5.74) is 1.64. The summed E-state index contributed by atoms with van der Waals surface area (Å²) >= 11 is 0. The lowest BCUT2D eigenvalue weighted by Gasteiger charge is -2.10. The molecule has 0 bridgehead atoms. The second-order valence-corrected chi connectivity index (χ2v) is 5.39. The van der Waals surface area contributed by atoms with E-state index in [0.717, 1.165) is 17.8 Å². The van der Waals surface area contributed by atoms with Crippen molar-refractivity contribution >= 4 is 17.5 Å². The minimum atomic E-state index is -0.0428. The van der Waals surface area contributed by atoms with E-state index in [2.05, 4.69) is 15.7 Å². The highest BCUT2D eigenvalue weighted by molar-refractivity contribution is 5.91. The molecule has 0 radical (unpaired) electrons. The van der Waals surface area contributed by atoms with Crippen LogP contribution in [0.15, 0.2) is 42.7 Å². The first kappa shape index (κ1) is 14.3. The van der Waals surface area contributed by atoms with E-state index in [1.54, 1.807) is 10.9 Å². The molecule has 3 rings (SSSR count). The van der Waals surface area contributed by atoms with Gasteiger partial charge in [0.2, 0.25) is 11.8 Å². The summed E-state index contributed by atoms with van der Waals surface area (Å²) in [5, 5.41) is 9.92. The quantitative estimate of drug-likeness (QED) is 0.884. The summed E-state index contributed by atoms with van der Waals surface area (Å²) in [7, 11) is 0. The van der Waals surface area contributed by atoms with Gasteiger partial charge in [0.25, 0.3) is 0 Å². The van der Waals surface area contributed by atoms with Crippen LogP contribution in [0.25, 0.3) is 5.69 Å². The molecule has 2 heterocycles. The maximum absolute atomic E-state index is 12.0. The first-order chi connectivity index (χ1) is 10.7. The number of nitrogens with zero attached hydrogens (tertiary/aromatic N) is 2. The van der Waals surface area contributed by atoms with Crippen LogP contribution < -0.4 is 10.6 Å². The second-order valence-electron chi connectivity index (χ2n) is 5.39. The molecule has 6 nitrogen and oxygen atoms in total. The summed E-state index contributed by atoms with van der Waals surface area (Å²) < 4.78 is 1.74. The zero-order chi connectivity index (χ0) is 15.4. The van der Waals surface area contributed by atoms with Gasteiger partial charge >= 0.3 is 0 Å². The summed E-state index contributed by atoms with van der Waals surface area (Å²) in [5.74, 6) is 0.0381. The molecule has 1 aromatic carbocycles. The molecule has 0 saturated carbocycles. The fraction of sp³-hybridized carbons (Fsp3) is 0.312. The molecule has 1 aromatic heterocycles. The van der Waals surface area contributed by atoms with Gasteiger partial charge in [-0.05, 0) is 37.1 Å². The third-order valence-corrected chi connectivity index (χ3v) is 3.70. The number of nitrogens with one attached hydrogen (secondary N) is 2. The number of amides is 2. The zero-order valence-electron chi connectivity index (χ0n) is 12.2. The Morgan fingerprint density at radius 3 is 3.05 bits per heavy atom. The van der Waals surface area contributed by atoms with Crippen LogP contribution in [0.4, 0.5) is 5.69 Å². The molecule has 114 valence electrons. The largest absolute Gasteiger partial charge is 0.353 e. The van der Waals surface area contributed by atoms with E-state index < -0.39 is 0 Å². The highest BCUT2D eigenvalue weighted by Crippen LogP contribution is 2.16. The highest BCUT2D eigenvalue weighted by atomic mass is 16.2. The molecule has 1 atom stereocenters. The number of hydrogen-bond donors (Lipinski definition) is 2. The standard InChI is InChI=1S/C16H18N4O2/c21-15-7-5-12(18-15)6-8-16(22)19-13-3-1-4-14(11-13)20-10-2-9-17-20/h1-4,9-12H,5-8H2,(H,18,21)(H,19,22). The van der Waals surface area contributed by atoms with Gasteiger partial charge in [-0.15, -0.1) is 0 Å². The Labute approximate surface area is 128 Å². The Hall–Kier alpha value is -2.63. The third-order valence-electron chi connectivity index (χ3n) is 3.70. The first-order valence-corrected chi connectivity index (χ1v) is 7.40. The Kier molecular flexibility index (Phi) is 4.18. The minimum absolute atomic E-state index is 0.0428. The van der Waals surface area contributed by atoms with Crippen molar-refractivity contribution in [1.29, 1.82) is 0 Å². The maximum atomic E-state index is 12.0. The fourth-order valence-electron chi connectivity index (χ4n) is 2.57. The van der Waals surface area contributed by atoms with Gasteiger partial charge in [0.05, 0.1) is 5.69 Å². The lowest BCUT2D eigenvalue weighted by atomic mass is 10.1. The molecule has 2 amide bonds. The predicted octanol–water partition coefficient (Wildman–Crippen LogP) is 1.87. The van der Waals surface area contributed by atoms with Gasteiger partial charge in [-0.1, -0.05) is 6.07 Å². The first-order valence-electron chi connectivity index (χ1n) is 7.40. The van der Waals surface area contributed by atoms with Gasteiger partial charge in [-0.2, -0.15) is 5.10 Å². The molecule has 0 aliphatic carbocycles. The van der Waals surface area contributed by atoms with Gasteiger partial charge in [-0.3, -0.25) is 9.59 Å². The fourth-order valence-corrected chi connectivity index (χ4v) is 2.57. The number of anilines is 1. The lowest BCUT2D eigenvalue weighted by molar-refractivity contribution is -0.120. The molecular formula is C16H18N4O2. The van der Waals surface area contributed by atoms with E-state index >= 15 is 0 Å². The van der Waals surface area contributed by atoms with E-state index in [1.165, 1.54) is 0 Å². The molecule has 1 aliphatic heterocycles. The van der Waals surface area contributed by atoms with Gasteiger partial charge in [0.1, 0.15) is 0 Å². The van der Waals surface area contributed by atoms with Crippen molar-refractivity contribution in [3.63, 3.8) is 0 Å². The molecule has 1 saturated heterocycles. The summed E-state index contributed by atoms with van der Waals surface area (Å²) in [6.07, 6.45) is 6.03. The van der Waals surface area contributed by atoms with E-state index in [0.29, 0.717) is 19.3 Å². The number of aromatic nitrogens is 2. The molecule has 22 heavy (non-hydrogen) atoms. The van der Waals surface area contributed by atoms with E-state index in [9.17, 15) is 9.59 Å². The number of carbonyl (C=O) groups excluding carboxylic acids is 2. The zero-order valence-corrected chi connectivity index (χ0v) is 12.2. The molecule has 2 N–H and O–H groups in total. The average molecular weight is 298 g/mol. The normalized spacial score (nSPS) is 17.3. The molecule has 0 spiro atoms. The Balaban J connectivity index is 1.55. The van der Waals surface area contributed by atoms with Crippen molar-refractivity contribution in [3.8, 4) is 5.69 Å². The minimum Gasteiger partial charge on any atom is -0.353 e. The van der Waals surface area contributed by atoms with Crippen LogP contribution in [0.3, 0.4) is 0 Å². The topological polar surface area (TPSA) is 76.0 Å². The van der Waals surface area contributed by atoms with E-state index in [4.69, 9.17) is 0 Å². The Morgan fingerprint density at radius 2 is 2.32 bits per heavy atom. The van der Waals surface area contributed by atoms with Crippen LogP contribution in [0.5, 0.6) is 0 Å². The van der Waals surface area contributed by atoms with Crippen molar-refractivity contribution in [2.24, 2.45) is 0 Å². The monoisotopic (exact) mass is 298 g/mol. The van der Waals surface area contributed by atoms with Crippen molar-refractivity contribution in [2.75, 3.05) is 5.32 Å². The van der Waals surface area contributed by atoms with Crippen LogP contribution in [0.2, 0.25) is 0 Å². The summed E-state index contributed by atoms with van der Waals surface area (Å²) in [6.45, 7) is 0. The third kappa shape index (κ3) is 3.52. The molecule has 1 fully saturated rings. The highest BCUT2D eigenvalue weighted by Gasteiger charge is 2.21. The van der Waals surface area contributed by atoms with Crippen LogP contribution in [0, 0.1) is 0 Å². The average Bonchev–Trinajstić information content (AvgIpc) is 3.17. The molecule has 2 aromatic rings. The summed E-state index contributed by atoms with van der Waals surface area (Å²) in [6, 6.07) is 9.51. The van der Waals surface area contributed by atoms with E-state index in [-0.39, 0.29) is 17.9 Å². The maximum Gasteiger partial charge on any atom is 0.224 e. The predicted molar refractivity (Wildman–Crippen MR) is 82.6 cm³/mol. The molecular weight excluding hydrogens is 280 g/mol. The Bertz CT molecular complexity index is 667. The SMILES string of the molecule is O=C(CCC1CCC(=O)N1)Nc1cccc(-n2cccn2)c1. The van der Waals surface area contributed by atoms with Crippen molar-refractivity contribution < 1.29 is 9.59 Å². The number of hydrogen-bond acceptors (Lipinski definition) is 3. The van der Waals surface area contributed by atoms with Crippen molar-refractivity contribution in [2.45, 2.75) is 31.7 Å². The van der Waals surface area contributed by atoms with Crippen LogP contribution in [-0.2, 0) is 9.59 Å². The Morgan fingerprint density at radius 1 is 1.41 bits per heavy atom. The lowest BCUT2D eigenvalue weighted by Crippen LogP contribution is -2.26. The molecule has 1 aliphatic rings. The van der Waals surface area contributed by atoms with E-state index in [1.807, 2.05) is 36.5 Å². The van der Waals surface area contributed by atoms with Gasteiger partial charge in [-0.25, -0.2) is 4.68 Å². The van der Waals surface area contributed by atoms with Crippen LogP contribution in [-0.4, -0.2) is 27.6 Å². The van der Waals surface area contributed by atoms with Gasteiger partial charge in [0, 0.05) is 37.0 Å². The molecule has 6 heteroatoms. The number of rotatable bonds is 5. The van der Waals surface area contributed by atoms with Crippen molar-refractivity contribution in [3.05, 3.63) is 42.7 Å². The molecule has 1 unspecified atom stereocenters. The second kappa shape index (κ2) is 6.43.